The molecule has 2 aromatic carbocycles. The van der Waals surface area contributed by atoms with Crippen molar-refractivity contribution in [3.05, 3.63) is 65.2 Å². The van der Waals surface area contributed by atoms with Crippen LogP contribution in [0.4, 0.5) is 8.78 Å². The number of thiazole rings is 1. The van der Waals surface area contributed by atoms with E-state index in [4.69, 9.17) is 5.84 Å². The van der Waals surface area contributed by atoms with Gasteiger partial charge in [-0.05, 0) is 31.2 Å². The van der Waals surface area contributed by atoms with Crippen LogP contribution in [0.3, 0.4) is 0 Å². The molecule has 10 heteroatoms. The number of thioether (sulfide) groups is 1. The number of nitrogens with two attached hydrogens (primary N) is 1. The minimum Gasteiger partial charge on any atom is -0.435 e. The van der Waals surface area contributed by atoms with Crippen LogP contribution in [0.5, 0.6) is 5.75 Å². The highest BCUT2D eigenvalue weighted by atomic mass is 32.2. The molecule has 0 aliphatic rings. The molecular formula is C20H17F2N5OS2. The topological polar surface area (TPSA) is 78.9 Å². The van der Waals surface area contributed by atoms with E-state index in [-0.39, 0.29) is 5.75 Å². The molecule has 4 aromatic rings. The summed E-state index contributed by atoms with van der Waals surface area (Å²) in [4.78, 5) is 4.68. The highest BCUT2D eigenvalue weighted by Gasteiger charge is 2.14. The lowest BCUT2D eigenvalue weighted by Crippen LogP contribution is -2.11. The summed E-state index contributed by atoms with van der Waals surface area (Å²) in [5.41, 5.74) is 3.87. The summed E-state index contributed by atoms with van der Waals surface area (Å²) in [6, 6.07) is 14.3. The van der Waals surface area contributed by atoms with Crippen molar-refractivity contribution in [2.45, 2.75) is 24.4 Å². The number of alkyl halides is 2. The Morgan fingerprint density at radius 3 is 2.47 bits per heavy atom. The van der Waals surface area contributed by atoms with Crippen LogP contribution < -0.4 is 10.6 Å². The predicted octanol–water partition coefficient (Wildman–Crippen LogP) is 4.98. The highest BCUT2D eigenvalue weighted by Crippen LogP contribution is 2.29. The van der Waals surface area contributed by atoms with E-state index < -0.39 is 6.61 Å². The molecule has 154 valence electrons. The molecule has 2 N–H and O–H groups in total. The standard InChI is InChI=1S/C20H17F2N5OS2/c1-12-2-4-14(5-3-12)18-24-15(10-29-18)11-30-20-26-25-17(27(20)23)13-6-8-16(9-7-13)28-19(21)22/h2-10,19H,11,23H2,1H3. The van der Waals surface area contributed by atoms with Gasteiger partial charge < -0.3 is 10.6 Å². The quantitative estimate of drug-likeness (QED) is 0.319. The number of nitrogens with zero attached hydrogens (tertiary/aromatic N) is 4. The number of aryl methyl sites for hydroxylation is 1. The van der Waals surface area contributed by atoms with Crippen LogP contribution in [0.15, 0.2) is 59.1 Å². The molecule has 0 bridgehead atoms. The number of rotatable bonds is 7. The zero-order valence-corrected chi connectivity index (χ0v) is 17.5. The second kappa shape index (κ2) is 8.80. The first-order valence-corrected chi connectivity index (χ1v) is 10.8. The lowest BCUT2D eigenvalue weighted by Gasteiger charge is -2.06. The van der Waals surface area contributed by atoms with E-state index in [1.54, 1.807) is 23.5 Å². The van der Waals surface area contributed by atoms with Crippen LogP contribution in [0.1, 0.15) is 11.3 Å². The van der Waals surface area contributed by atoms with Crippen LogP contribution in [0.25, 0.3) is 22.0 Å². The molecule has 0 spiro atoms. The zero-order valence-electron chi connectivity index (χ0n) is 15.8. The summed E-state index contributed by atoms with van der Waals surface area (Å²) < 4.78 is 30.3. The Bertz CT molecular complexity index is 1130. The summed E-state index contributed by atoms with van der Waals surface area (Å²) >= 11 is 3.01. The Hall–Kier alpha value is -2.98. The van der Waals surface area contributed by atoms with Crippen molar-refractivity contribution in [3.63, 3.8) is 0 Å². The lowest BCUT2D eigenvalue weighted by molar-refractivity contribution is -0.0498. The average molecular weight is 446 g/mol. The molecule has 4 rings (SSSR count). The van der Waals surface area contributed by atoms with Crippen LogP contribution in [0, 0.1) is 6.92 Å². The Morgan fingerprint density at radius 1 is 1.07 bits per heavy atom. The highest BCUT2D eigenvalue weighted by molar-refractivity contribution is 7.98. The van der Waals surface area contributed by atoms with Gasteiger partial charge in [0.15, 0.2) is 5.82 Å². The van der Waals surface area contributed by atoms with E-state index in [2.05, 4.69) is 51.1 Å². The summed E-state index contributed by atoms with van der Waals surface area (Å²) in [6.45, 7) is -0.814. The van der Waals surface area contributed by atoms with Crippen LogP contribution >= 0.6 is 23.1 Å². The molecular weight excluding hydrogens is 428 g/mol. The fourth-order valence-corrected chi connectivity index (χ4v) is 4.38. The maximum absolute atomic E-state index is 12.3. The van der Waals surface area contributed by atoms with Gasteiger partial charge in [-0.25, -0.2) is 9.66 Å². The molecule has 0 aliphatic carbocycles. The van der Waals surface area contributed by atoms with Crippen LogP contribution in [0.2, 0.25) is 0 Å². The second-order valence-electron chi connectivity index (χ2n) is 6.38. The van der Waals surface area contributed by atoms with Gasteiger partial charge in [0.1, 0.15) is 10.8 Å². The zero-order chi connectivity index (χ0) is 21.1. The Balaban J connectivity index is 1.43. The Labute approximate surface area is 179 Å². The summed E-state index contributed by atoms with van der Waals surface area (Å²) in [5.74, 6) is 7.23. The van der Waals surface area contributed by atoms with E-state index in [9.17, 15) is 8.78 Å². The molecule has 0 saturated heterocycles. The number of halogens is 2. The second-order valence-corrected chi connectivity index (χ2v) is 8.18. The van der Waals surface area contributed by atoms with Crippen molar-refractivity contribution >= 4 is 23.1 Å². The number of hydrogen-bond donors (Lipinski definition) is 1. The maximum atomic E-state index is 12.3. The SMILES string of the molecule is Cc1ccc(-c2nc(CSc3nnc(-c4ccc(OC(F)F)cc4)n3N)cs2)cc1. The van der Waals surface area contributed by atoms with Crippen molar-refractivity contribution in [1.29, 1.82) is 0 Å². The largest absolute Gasteiger partial charge is 0.435 e. The summed E-state index contributed by atoms with van der Waals surface area (Å²) in [7, 11) is 0. The van der Waals surface area contributed by atoms with Gasteiger partial charge in [-0.3, -0.25) is 0 Å². The number of ether oxygens (including phenoxy) is 1. The maximum Gasteiger partial charge on any atom is 0.387 e. The number of benzene rings is 2. The molecule has 2 heterocycles. The summed E-state index contributed by atoms with van der Waals surface area (Å²) in [5, 5.41) is 11.7. The van der Waals surface area contributed by atoms with Gasteiger partial charge in [-0.15, -0.1) is 21.5 Å². The minimum absolute atomic E-state index is 0.0688. The molecule has 0 fully saturated rings. The molecule has 0 amide bonds. The van der Waals surface area contributed by atoms with Gasteiger partial charge in [-0.2, -0.15) is 8.78 Å². The van der Waals surface area contributed by atoms with Gasteiger partial charge in [-0.1, -0.05) is 41.6 Å². The smallest absolute Gasteiger partial charge is 0.387 e. The number of hydrogen-bond acceptors (Lipinski definition) is 7. The van der Waals surface area contributed by atoms with Crippen molar-refractivity contribution < 1.29 is 13.5 Å². The molecule has 2 aromatic heterocycles. The van der Waals surface area contributed by atoms with E-state index in [0.29, 0.717) is 22.3 Å². The van der Waals surface area contributed by atoms with E-state index in [1.807, 2.05) is 5.38 Å². The average Bonchev–Trinajstić information content (AvgIpc) is 3.34. The third kappa shape index (κ3) is 4.60. The van der Waals surface area contributed by atoms with Crippen molar-refractivity contribution in [2.24, 2.45) is 0 Å². The fourth-order valence-electron chi connectivity index (χ4n) is 2.70. The fraction of sp³-hybridized carbons (Fsp3) is 0.150. The van der Waals surface area contributed by atoms with Crippen molar-refractivity contribution in [2.75, 3.05) is 5.84 Å². The van der Waals surface area contributed by atoms with E-state index >= 15 is 0 Å². The van der Waals surface area contributed by atoms with Gasteiger partial charge in [0.05, 0.1) is 5.69 Å². The molecule has 30 heavy (non-hydrogen) atoms. The third-order valence-electron chi connectivity index (χ3n) is 4.20. The molecule has 0 unspecified atom stereocenters. The van der Waals surface area contributed by atoms with Gasteiger partial charge in [0.2, 0.25) is 5.16 Å². The number of aromatic nitrogens is 4. The number of nitrogen functional groups attached to an aromatic ring is 1. The minimum atomic E-state index is -2.87. The van der Waals surface area contributed by atoms with Crippen molar-refractivity contribution in [3.8, 4) is 27.7 Å². The predicted molar refractivity (Wildman–Crippen MR) is 114 cm³/mol. The summed E-state index contributed by atoms with van der Waals surface area (Å²) in [6.07, 6.45) is 0. The van der Waals surface area contributed by atoms with E-state index in [1.165, 1.54) is 34.1 Å². The van der Waals surface area contributed by atoms with Crippen LogP contribution in [-0.4, -0.2) is 26.5 Å². The molecule has 6 nitrogen and oxygen atoms in total. The first-order chi connectivity index (χ1) is 14.5. The molecule has 0 saturated carbocycles. The molecule has 0 atom stereocenters. The molecule has 0 aliphatic heterocycles. The monoisotopic (exact) mass is 445 g/mol. The third-order valence-corrected chi connectivity index (χ3v) is 6.12. The normalized spacial score (nSPS) is 11.2. The first kappa shape index (κ1) is 20.3. The first-order valence-electron chi connectivity index (χ1n) is 8.89. The van der Waals surface area contributed by atoms with Gasteiger partial charge in [0.25, 0.3) is 0 Å². The van der Waals surface area contributed by atoms with E-state index in [0.717, 1.165) is 16.3 Å². The lowest BCUT2D eigenvalue weighted by atomic mass is 10.2. The molecule has 0 radical (unpaired) electrons. The Kier molecular flexibility index (Phi) is 5.96. The van der Waals surface area contributed by atoms with Gasteiger partial charge in [0, 0.05) is 22.3 Å². The Morgan fingerprint density at radius 2 is 1.77 bits per heavy atom. The van der Waals surface area contributed by atoms with Crippen molar-refractivity contribution in [1.82, 2.24) is 19.9 Å². The van der Waals surface area contributed by atoms with Gasteiger partial charge >= 0.3 is 6.61 Å². The van der Waals surface area contributed by atoms with Crippen LogP contribution in [-0.2, 0) is 5.75 Å².